The van der Waals surface area contributed by atoms with Gasteiger partial charge in [-0.2, -0.15) is 0 Å². The third-order valence-electron chi connectivity index (χ3n) is 4.05. The second-order valence-corrected chi connectivity index (χ2v) is 5.28. The van der Waals surface area contributed by atoms with Crippen LogP contribution in [0.1, 0.15) is 43.4 Å². The van der Waals surface area contributed by atoms with E-state index in [4.69, 9.17) is 5.73 Å². The van der Waals surface area contributed by atoms with Gasteiger partial charge in [-0.05, 0) is 44.0 Å². The molecule has 0 aliphatic heterocycles. The lowest BCUT2D eigenvalue weighted by Crippen LogP contribution is -2.32. The number of nitrogens with two attached hydrogens (primary N) is 1. The van der Waals surface area contributed by atoms with Crippen LogP contribution in [0.2, 0.25) is 0 Å². The van der Waals surface area contributed by atoms with Crippen LogP contribution in [-0.4, -0.2) is 13.6 Å². The average molecular weight is 232 g/mol. The highest BCUT2D eigenvalue weighted by atomic mass is 14.9. The maximum atomic E-state index is 5.92. The fourth-order valence-corrected chi connectivity index (χ4v) is 2.76. The van der Waals surface area contributed by atoms with Gasteiger partial charge in [0.2, 0.25) is 0 Å². The summed E-state index contributed by atoms with van der Waals surface area (Å²) in [5.41, 5.74) is 9.06. The molecule has 0 radical (unpaired) electrons. The monoisotopic (exact) mass is 232 g/mol. The van der Waals surface area contributed by atoms with Gasteiger partial charge in [-0.25, -0.2) is 0 Å². The van der Waals surface area contributed by atoms with Crippen molar-refractivity contribution in [3.8, 4) is 0 Å². The summed E-state index contributed by atoms with van der Waals surface area (Å²) in [5.74, 6) is 0. The van der Waals surface area contributed by atoms with Crippen molar-refractivity contribution in [3.63, 3.8) is 0 Å². The molecule has 0 aromatic heterocycles. The Bertz CT molecular complexity index is 352. The van der Waals surface area contributed by atoms with Gasteiger partial charge >= 0.3 is 0 Å². The van der Waals surface area contributed by atoms with E-state index in [1.807, 2.05) is 7.05 Å². The molecule has 2 heteroatoms. The van der Waals surface area contributed by atoms with Crippen LogP contribution < -0.4 is 11.1 Å². The lowest BCUT2D eigenvalue weighted by atomic mass is 9.89. The quantitative estimate of drug-likeness (QED) is 0.791. The molecule has 0 bridgehead atoms. The molecule has 94 valence electrons. The van der Waals surface area contributed by atoms with Crippen molar-refractivity contribution in [1.82, 2.24) is 5.32 Å². The largest absolute Gasteiger partial charge is 0.330 e. The highest BCUT2D eigenvalue weighted by Gasteiger charge is 2.48. The van der Waals surface area contributed by atoms with E-state index in [-0.39, 0.29) is 0 Å². The molecule has 17 heavy (non-hydrogen) atoms. The summed E-state index contributed by atoms with van der Waals surface area (Å²) in [4.78, 5) is 0. The Kier molecular flexibility index (Phi) is 3.85. The molecule has 0 amide bonds. The molecular weight excluding hydrogens is 208 g/mol. The number of aryl methyl sites for hydroxylation is 1. The van der Waals surface area contributed by atoms with Gasteiger partial charge < -0.3 is 11.1 Å². The Morgan fingerprint density at radius 3 is 2.35 bits per heavy atom. The molecule has 1 aromatic rings. The Balaban J connectivity index is 2.14. The molecule has 1 aromatic carbocycles. The Morgan fingerprint density at radius 1 is 1.29 bits per heavy atom. The molecule has 2 rings (SSSR count). The molecule has 0 saturated heterocycles. The number of benzene rings is 1. The topological polar surface area (TPSA) is 38.0 Å². The number of hydrogen-bond donors (Lipinski definition) is 2. The Labute approximate surface area is 105 Å². The minimum absolute atomic E-state index is 0.320. The maximum Gasteiger partial charge on any atom is 0.0386 e. The Morgan fingerprint density at radius 2 is 1.94 bits per heavy atom. The van der Waals surface area contributed by atoms with Gasteiger partial charge in [0.05, 0.1) is 0 Å². The van der Waals surface area contributed by atoms with Crippen molar-refractivity contribution in [1.29, 1.82) is 0 Å². The van der Waals surface area contributed by atoms with Gasteiger partial charge in [-0.3, -0.25) is 0 Å². The SMILES string of the molecule is CCCc1ccc(C(NC)C2(CN)CC2)cc1. The van der Waals surface area contributed by atoms with Crippen LogP contribution in [0.4, 0.5) is 0 Å². The molecule has 1 aliphatic carbocycles. The first-order valence-corrected chi connectivity index (χ1v) is 6.72. The van der Waals surface area contributed by atoms with E-state index in [9.17, 15) is 0 Å². The molecule has 1 aliphatic rings. The van der Waals surface area contributed by atoms with Gasteiger partial charge in [0.15, 0.2) is 0 Å². The summed E-state index contributed by atoms with van der Waals surface area (Å²) in [6.07, 6.45) is 4.89. The van der Waals surface area contributed by atoms with Crippen LogP contribution in [0.15, 0.2) is 24.3 Å². The van der Waals surface area contributed by atoms with E-state index < -0.39 is 0 Å². The second kappa shape index (κ2) is 5.19. The van der Waals surface area contributed by atoms with Crippen LogP contribution in [0.25, 0.3) is 0 Å². The molecule has 0 heterocycles. The van der Waals surface area contributed by atoms with E-state index >= 15 is 0 Å². The van der Waals surface area contributed by atoms with Crippen LogP contribution in [-0.2, 0) is 6.42 Å². The Hall–Kier alpha value is -0.860. The third-order valence-corrected chi connectivity index (χ3v) is 4.05. The smallest absolute Gasteiger partial charge is 0.0386 e. The number of hydrogen-bond acceptors (Lipinski definition) is 2. The van der Waals surface area contributed by atoms with Gasteiger partial charge in [0.1, 0.15) is 0 Å². The summed E-state index contributed by atoms with van der Waals surface area (Å²) in [6.45, 7) is 3.01. The summed E-state index contributed by atoms with van der Waals surface area (Å²) in [5, 5.41) is 3.44. The van der Waals surface area contributed by atoms with Crippen molar-refractivity contribution in [3.05, 3.63) is 35.4 Å². The van der Waals surface area contributed by atoms with E-state index in [0.717, 1.165) is 6.54 Å². The van der Waals surface area contributed by atoms with E-state index in [0.29, 0.717) is 11.5 Å². The third kappa shape index (κ3) is 2.53. The highest BCUT2D eigenvalue weighted by molar-refractivity contribution is 5.28. The fourth-order valence-electron chi connectivity index (χ4n) is 2.76. The average Bonchev–Trinajstić information content (AvgIpc) is 3.14. The first-order valence-electron chi connectivity index (χ1n) is 6.72. The van der Waals surface area contributed by atoms with E-state index in [1.165, 1.54) is 36.8 Å². The normalized spacial score (nSPS) is 19.0. The van der Waals surface area contributed by atoms with Crippen molar-refractivity contribution in [2.75, 3.05) is 13.6 Å². The van der Waals surface area contributed by atoms with Gasteiger partial charge in [-0.15, -0.1) is 0 Å². The van der Waals surface area contributed by atoms with Crippen molar-refractivity contribution in [2.24, 2.45) is 11.1 Å². The summed E-state index contributed by atoms with van der Waals surface area (Å²) in [7, 11) is 2.04. The summed E-state index contributed by atoms with van der Waals surface area (Å²) in [6, 6.07) is 9.47. The van der Waals surface area contributed by atoms with Crippen LogP contribution in [0.5, 0.6) is 0 Å². The predicted molar refractivity (Wildman–Crippen MR) is 73.0 cm³/mol. The number of rotatable bonds is 6. The zero-order valence-corrected chi connectivity index (χ0v) is 11.0. The first kappa shape index (κ1) is 12.6. The van der Waals surface area contributed by atoms with Crippen molar-refractivity contribution in [2.45, 2.75) is 38.6 Å². The standard InChI is InChI=1S/C15H24N2/c1-3-4-12-5-7-13(8-6-12)14(17-2)15(11-16)9-10-15/h5-8,14,17H,3-4,9-11,16H2,1-2H3. The maximum absolute atomic E-state index is 5.92. The molecular formula is C15H24N2. The molecule has 2 nitrogen and oxygen atoms in total. The van der Waals surface area contributed by atoms with E-state index in [1.54, 1.807) is 0 Å². The summed E-state index contributed by atoms with van der Waals surface area (Å²) >= 11 is 0. The lowest BCUT2D eigenvalue weighted by Gasteiger charge is -2.26. The minimum atomic E-state index is 0.320. The molecule has 0 spiro atoms. The molecule has 1 fully saturated rings. The zero-order valence-electron chi connectivity index (χ0n) is 11.0. The predicted octanol–water partition coefficient (Wildman–Crippen LogP) is 2.64. The van der Waals surface area contributed by atoms with Crippen LogP contribution in [0, 0.1) is 5.41 Å². The molecule has 1 saturated carbocycles. The lowest BCUT2D eigenvalue weighted by molar-refractivity contribution is 0.366. The zero-order chi connectivity index (χ0) is 12.3. The molecule has 3 N–H and O–H groups in total. The fraction of sp³-hybridized carbons (Fsp3) is 0.600. The van der Waals surface area contributed by atoms with Crippen LogP contribution in [0.3, 0.4) is 0 Å². The van der Waals surface area contributed by atoms with Crippen molar-refractivity contribution < 1.29 is 0 Å². The molecule has 1 unspecified atom stereocenters. The second-order valence-electron chi connectivity index (χ2n) is 5.28. The minimum Gasteiger partial charge on any atom is -0.330 e. The first-order chi connectivity index (χ1) is 8.25. The van der Waals surface area contributed by atoms with Gasteiger partial charge in [0, 0.05) is 11.5 Å². The highest BCUT2D eigenvalue weighted by Crippen LogP contribution is 2.53. The van der Waals surface area contributed by atoms with E-state index in [2.05, 4.69) is 36.5 Å². The van der Waals surface area contributed by atoms with Gasteiger partial charge in [-0.1, -0.05) is 37.6 Å². The van der Waals surface area contributed by atoms with Gasteiger partial charge in [0.25, 0.3) is 0 Å². The number of nitrogens with one attached hydrogen (secondary N) is 1. The van der Waals surface area contributed by atoms with Crippen molar-refractivity contribution >= 4 is 0 Å². The molecule has 1 atom stereocenters. The van der Waals surface area contributed by atoms with Crippen LogP contribution >= 0.6 is 0 Å². The summed E-state index contributed by atoms with van der Waals surface area (Å²) < 4.78 is 0.